The van der Waals surface area contributed by atoms with E-state index in [0.29, 0.717) is 0 Å². The van der Waals surface area contributed by atoms with Crippen LogP contribution in [-0.2, 0) is 4.79 Å². The lowest BCUT2D eigenvalue weighted by atomic mass is 10.0. The van der Waals surface area contributed by atoms with E-state index in [1.54, 1.807) is 0 Å². The molecule has 0 radical (unpaired) electrons. The molecule has 1 N–H and O–H groups in total. The summed E-state index contributed by atoms with van der Waals surface area (Å²) in [5.41, 5.74) is 0. The summed E-state index contributed by atoms with van der Waals surface area (Å²) in [5, 5.41) is 2.96. The highest BCUT2D eigenvalue weighted by Crippen LogP contribution is 2.14. The van der Waals surface area contributed by atoms with Crippen molar-refractivity contribution in [3.05, 3.63) is 0 Å². The molecule has 1 aliphatic rings. The van der Waals surface area contributed by atoms with E-state index in [-0.39, 0.29) is 18.0 Å². The molecule has 0 aromatic rings. The van der Waals surface area contributed by atoms with Crippen LogP contribution in [0.25, 0.3) is 0 Å². The third-order valence-electron chi connectivity index (χ3n) is 2.50. The van der Waals surface area contributed by atoms with Gasteiger partial charge in [-0.2, -0.15) is 0 Å². The molecule has 3 nitrogen and oxygen atoms in total. The van der Waals surface area contributed by atoms with E-state index in [2.05, 4.69) is 10.2 Å². The molecule has 1 rings (SSSR count). The zero-order valence-corrected chi connectivity index (χ0v) is 8.84. The van der Waals surface area contributed by atoms with Crippen molar-refractivity contribution >= 4 is 5.91 Å². The third-order valence-corrected chi connectivity index (χ3v) is 2.50. The molecule has 0 bridgehead atoms. The quantitative estimate of drug-likeness (QED) is 0.694. The van der Waals surface area contributed by atoms with Gasteiger partial charge in [-0.25, -0.2) is 0 Å². The minimum Gasteiger partial charge on any atom is -0.353 e. The number of hydrogen-bond acceptors (Lipinski definition) is 2. The third kappa shape index (κ3) is 2.99. The molecule has 0 aromatic carbocycles. The van der Waals surface area contributed by atoms with Crippen LogP contribution in [0.4, 0.5) is 0 Å². The zero-order chi connectivity index (χ0) is 9.84. The predicted molar refractivity (Wildman–Crippen MR) is 53.5 cm³/mol. The van der Waals surface area contributed by atoms with Crippen LogP contribution in [0.3, 0.4) is 0 Å². The second kappa shape index (κ2) is 4.61. The Labute approximate surface area is 80.5 Å². The minimum absolute atomic E-state index is 0.108. The van der Waals surface area contributed by atoms with Crippen LogP contribution < -0.4 is 5.32 Å². The van der Waals surface area contributed by atoms with E-state index in [9.17, 15) is 4.79 Å². The van der Waals surface area contributed by atoms with Crippen LogP contribution in [0.2, 0.25) is 0 Å². The van der Waals surface area contributed by atoms with Gasteiger partial charge < -0.3 is 5.32 Å². The average molecular weight is 184 g/mol. The van der Waals surface area contributed by atoms with Crippen molar-refractivity contribution in [2.75, 3.05) is 13.6 Å². The summed E-state index contributed by atoms with van der Waals surface area (Å²) in [6.45, 7) is 5.05. The topological polar surface area (TPSA) is 32.3 Å². The van der Waals surface area contributed by atoms with Gasteiger partial charge in [-0.15, -0.1) is 0 Å². The Bertz CT molecular complexity index is 180. The molecule has 3 heteroatoms. The zero-order valence-electron chi connectivity index (χ0n) is 8.84. The molecule has 1 heterocycles. The summed E-state index contributed by atoms with van der Waals surface area (Å²) >= 11 is 0. The Hall–Kier alpha value is -0.570. The highest BCUT2D eigenvalue weighted by atomic mass is 16.2. The molecule has 0 spiro atoms. The summed E-state index contributed by atoms with van der Waals surface area (Å²) in [7, 11) is 2.03. The molecule has 1 amide bonds. The normalized spacial score (nSPS) is 24.8. The lowest BCUT2D eigenvalue weighted by Crippen LogP contribution is -2.49. The molecule has 0 aromatic heterocycles. The number of rotatable bonds is 2. The van der Waals surface area contributed by atoms with Crippen LogP contribution >= 0.6 is 0 Å². The Kier molecular flexibility index (Phi) is 3.72. The van der Waals surface area contributed by atoms with E-state index in [1.165, 1.54) is 12.8 Å². The molecule has 1 saturated heterocycles. The van der Waals surface area contributed by atoms with E-state index in [0.717, 1.165) is 13.0 Å². The van der Waals surface area contributed by atoms with E-state index in [4.69, 9.17) is 0 Å². The monoisotopic (exact) mass is 184 g/mol. The van der Waals surface area contributed by atoms with Crippen LogP contribution in [0.1, 0.15) is 33.1 Å². The molecule has 0 aliphatic carbocycles. The van der Waals surface area contributed by atoms with E-state index < -0.39 is 0 Å². The fraction of sp³-hybridized carbons (Fsp3) is 0.900. The van der Waals surface area contributed by atoms with Crippen molar-refractivity contribution in [3.63, 3.8) is 0 Å². The molecule has 1 unspecified atom stereocenters. The molecule has 1 aliphatic heterocycles. The standard InChI is InChI=1S/C10H20N2O/c1-8(2)11-10(13)9-6-4-5-7-12(9)3/h8-9H,4-7H2,1-3H3,(H,11,13). The van der Waals surface area contributed by atoms with Crippen LogP contribution in [-0.4, -0.2) is 36.5 Å². The van der Waals surface area contributed by atoms with Crippen LogP contribution in [0.15, 0.2) is 0 Å². The number of amides is 1. The molecule has 1 atom stereocenters. The van der Waals surface area contributed by atoms with Crippen molar-refractivity contribution in [2.45, 2.75) is 45.2 Å². The average Bonchev–Trinajstić information content (AvgIpc) is 2.03. The molecular weight excluding hydrogens is 164 g/mol. The lowest BCUT2D eigenvalue weighted by molar-refractivity contribution is -0.127. The smallest absolute Gasteiger partial charge is 0.237 e. The first-order valence-corrected chi connectivity index (χ1v) is 5.12. The Morgan fingerprint density at radius 2 is 2.15 bits per heavy atom. The number of hydrogen-bond donors (Lipinski definition) is 1. The largest absolute Gasteiger partial charge is 0.353 e. The minimum atomic E-state index is 0.108. The van der Waals surface area contributed by atoms with Crippen molar-refractivity contribution in [3.8, 4) is 0 Å². The summed E-state index contributed by atoms with van der Waals surface area (Å²) in [5.74, 6) is 0.192. The predicted octanol–water partition coefficient (Wildman–Crippen LogP) is 0.995. The lowest BCUT2D eigenvalue weighted by Gasteiger charge is -2.31. The second-order valence-corrected chi connectivity index (χ2v) is 4.16. The fourth-order valence-corrected chi connectivity index (χ4v) is 1.79. The maximum atomic E-state index is 11.7. The second-order valence-electron chi connectivity index (χ2n) is 4.16. The molecule has 13 heavy (non-hydrogen) atoms. The van der Waals surface area contributed by atoms with Crippen LogP contribution in [0, 0.1) is 0 Å². The van der Waals surface area contributed by atoms with E-state index >= 15 is 0 Å². The fourth-order valence-electron chi connectivity index (χ4n) is 1.79. The van der Waals surface area contributed by atoms with Gasteiger partial charge in [0.25, 0.3) is 0 Å². The first-order chi connectivity index (χ1) is 6.11. The summed E-state index contributed by atoms with van der Waals surface area (Å²) in [4.78, 5) is 13.8. The van der Waals surface area contributed by atoms with Gasteiger partial charge in [-0.3, -0.25) is 9.69 Å². The van der Waals surface area contributed by atoms with Gasteiger partial charge in [-0.05, 0) is 40.3 Å². The summed E-state index contributed by atoms with van der Waals surface area (Å²) < 4.78 is 0. The van der Waals surface area contributed by atoms with Gasteiger partial charge in [0.15, 0.2) is 0 Å². The number of carbonyl (C=O) groups is 1. The molecule has 1 fully saturated rings. The number of nitrogens with one attached hydrogen (secondary N) is 1. The van der Waals surface area contributed by atoms with Gasteiger partial charge in [0.05, 0.1) is 6.04 Å². The molecule has 76 valence electrons. The Balaban J connectivity index is 2.44. The molecule has 0 saturated carbocycles. The van der Waals surface area contributed by atoms with Gasteiger partial charge in [0.2, 0.25) is 5.91 Å². The van der Waals surface area contributed by atoms with Crippen molar-refractivity contribution in [2.24, 2.45) is 0 Å². The number of likely N-dealkylation sites (tertiary alicyclic amines) is 1. The van der Waals surface area contributed by atoms with Gasteiger partial charge in [-0.1, -0.05) is 6.42 Å². The molecular formula is C10H20N2O. The van der Waals surface area contributed by atoms with Gasteiger partial charge in [0.1, 0.15) is 0 Å². The Morgan fingerprint density at radius 3 is 2.69 bits per heavy atom. The van der Waals surface area contributed by atoms with Gasteiger partial charge in [0, 0.05) is 6.04 Å². The maximum absolute atomic E-state index is 11.7. The van der Waals surface area contributed by atoms with Gasteiger partial charge >= 0.3 is 0 Å². The van der Waals surface area contributed by atoms with Crippen LogP contribution in [0.5, 0.6) is 0 Å². The van der Waals surface area contributed by atoms with E-state index in [1.807, 2.05) is 20.9 Å². The maximum Gasteiger partial charge on any atom is 0.237 e. The van der Waals surface area contributed by atoms with Crippen molar-refractivity contribution < 1.29 is 4.79 Å². The number of piperidine rings is 1. The highest BCUT2D eigenvalue weighted by Gasteiger charge is 2.25. The van der Waals surface area contributed by atoms with Crippen molar-refractivity contribution in [1.29, 1.82) is 0 Å². The Morgan fingerprint density at radius 1 is 1.46 bits per heavy atom. The first kappa shape index (κ1) is 10.5. The highest BCUT2D eigenvalue weighted by molar-refractivity contribution is 5.82. The summed E-state index contributed by atoms with van der Waals surface area (Å²) in [6, 6.07) is 0.360. The summed E-state index contributed by atoms with van der Waals surface area (Å²) in [6.07, 6.45) is 3.41. The number of nitrogens with zero attached hydrogens (tertiary/aromatic N) is 1. The SMILES string of the molecule is CC(C)NC(=O)C1CCCCN1C. The van der Waals surface area contributed by atoms with Crippen molar-refractivity contribution in [1.82, 2.24) is 10.2 Å². The number of carbonyl (C=O) groups excluding carboxylic acids is 1. The first-order valence-electron chi connectivity index (χ1n) is 5.12. The number of likely N-dealkylation sites (N-methyl/N-ethyl adjacent to an activating group) is 1.